The predicted molar refractivity (Wildman–Crippen MR) is 108 cm³/mol. The molecule has 154 valence electrons. The molecule has 2 aromatic rings. The fourth-order valence-corrected chi connectivity index (χ4v) is 3.21. The average molecular weight is 399 g/mol. The van der Waals surface area contributed by atoms with Gasteiger partial charge in [-0.3, -0.25) is 19.1 Å². The number of aromatic amines is 1. The van der Waals surface area contributed by atoms with Crippen molar-refractivity contribution in [1.82, 2.24) is 14.9 Å². The number of H-pyrrole nitrogens is 1. The second-order valence-electron chi connectivity index (χ2n) is 7.08. The molecule has 1 saturated heterocycles. The molecule has 0 bridgehead atoms. The molecule has 0 aliphatic carbocycles. The van der Waals surface area contributed by atoms with Crippen LogP contribution in [0.4, 0.5) is 0 Å². The highest BCUT2D eigenvalue weighted by atomic mass is 16.5. The quantitative estimate of drug-likeness (QED) is 0.471. The number of nitrogens with one attached hydrogen (secondary N) is 2. The molecule has 29 heavy (non-hydrogen) atoms. The number of ether oxygens (including phenoxy) is 1. The van der Waals surface area contributed by atoms with Gasteiger partial charge in [0.1, 0.15) is 12.3 Å². The maximum absolute atomic E-state index is 12.0. The zero-order valence-electron chi connectivity index (χ0n) is 16.2. The summed E-state index contributed by atoms with van der Waals surface area (Å²) >= 11 is 0. The summed E-state index contributed by atoms with van der Waals surface area (Å²) in [5.41, 5.74) is 0.541. The molecule has 0 radical (unpaired) electrons. The number of carbonyl (C=O) groups excluding carboxylic acids is 1. The number of hydrogen-bond acceptors (Lipinski definition) is 5. The van der Waals surface area contributed by atoms with E-state index < -0.39 is 29.7 Å². The van der Waals surface area contributed by atoms with Crippen LogP contribution in [0.2, 0.25) is 0 Å². The highest BCUT2D eigenvalue weighted by Gasteiger charge is 2.34. The molecule has 0 spiro atoms. The molecule has 1 aromatic carbocycles. The minimum atomic E-state index is -0.860. The molecule has 1 fully saturated rings. The number of nitrogens with zero attached hydrogens (tertiary/aromatic N) is 1. The number of amides is 1. The van der Waals surface area contributed by atoms with E-state index in [0.29, 0.717) is 12.1 Å². The number of aryl methyl sites for hydroxylation is 2. The lowest BCUT2D eigenvalue weighted by atomic mass is 10.1. The number of aliphatic hydroxyl groups excluding tert-OH is 1. The fraction of sp³-hybridized carbons (Fsp3) is 0.381. The molecule has 0 saturated carbocycles. The van der Waals surface area contributed by atoms with Gasteiger partial charge >= 0.3 is 5.69 Å². The van der Waals surface area contributed by atoms with Gasteiger partial charge in [0.15, 0.2) is 0 Å². The molecule has 3 N–H and O–H groups in total. The summed E-state index contributed by atoms with van der Waals surface area (Å²) in [5.74, 6) is -0.269. The Morgan fingerprint density at radius 1 is 1.34 bits per heavy atom. The highest BCUT2D eigenvalue weighted by molar-refractivity contribution is 5.87. The van der Waals surface area contributed by atoms with E-state index in [0.717, 1.165) is 12.8 Å². The van der Waals surface area contributed by atoms with Crippen molar-refractivity contribution < 1.29 is 14.6 Å². The Bertz CT molecular complexity index is 980. The molecule has 2 heterocycles. The standard InChI is InChI=1S/C21H25N3O5/c1-14-13-24(21(28)23-20(14)27)19-12-16(25)17(29-19)9-10-18(26)22-11-5-8-15-6-3-2-4-7-15/h2-4,6-7,9-10,13,16-17,19,25H,5,8,11-12H2,1H3,(H,22,26)(H,23,27,28)/b10-9+/t16-,17+,19+/m0/s1. The molecule has 3 atom stereocenters. The van der Waals surface area contributed by atoms with E-state index in [1.807, 2.05) is 30.3 Å². The van der Waals surface area contributed by atoms with Crippen molar-refractivity contribution in [2.45, 2.75) is 44.6 Å². The van der Waals surface area contributed by atoms with Gasteiger partial charge in [-0.15, -0.1) is 0 Å². The van der Waals surface area contributed by atoms with E-state index in [1.54, 1.807) is 6.92 Å². The van der Waals surface area contributed by atoms with Gasteiger partial charge < -0.3 is 15.2 Å². The Morgan fingerprint density at radius 3 is 2.86 bits per heavy atom. The van der Waals surface area contributed by atoms with Crippen LogP contribution in [0, 0.1) is 6.92 Å². The van der Waals surface area contributed by atoms with Crippen LogP contribution in [-0.4, -0.2) is 39.3 Å². The molecule has 3 rings (SSSR count). The third-order valence-electron chi connectivity index (χ3n) is 4.81. The predicted octanol–water partition coefficient (Wildman–Crippen LogP) is 0.799. The van der Waals surface area contributed by atoms with Gasteiger partial charge in [-0.2, -0.15) is 0 Å². The highest BCUT2D eigenvalue weighted by Crippen LogP contribution is 2.28. The molecule has 1 aromatic heterocycles. The average Bonchev–Trinajstić information content (AvgIpc) is 3.07. The van der Waals surface area contributed by atoms with Gasteiger partial charge in [0.05, 0.1) is 6.10 Å². The van der Waals surface area contributed by atoms with E-state index in [9.17, 15) is 19.5 Å². The summed E-state index contributed by atoms with van der Waals surface area (Å²) in [7, 11) is 0. The van der Waals surface area contributed by atoms with Crippen LogP contribution in [0.25, 0.3) is 0 Å². The van der Waals surface area contributed by atoms with Crippen LogP contribution in [0.15, 0.2) is 58.3 Å². The first-order valence-electron chi connectivity index (χ1n) is 9.59. The maximum atomic E-state index is 12.0. The largest absolute Gasteiger partial charge is 0.390 e. The fourth-order valence-electron chi connectivity index (χ4n) is 3.21. The van der Waals surface area contributed by atoms with Gasteiger partial charge in [0.25, 0.3) is 5.56 Å². The van der Waals surface area contributed by atoms with Crippen LogP contribution in [0.5, 0.6) is 0 Å². The first kappa shape index (κ1) is 20.8. The van der Waals surface area contributed by atoms with Crippen LogP contribution in [-0.2, 0) is 16.0 Å². The Hall–Kier alpha value is -2.97. The molecule has 1 aliphatic rings. The third kappa shape index (κ3) is 5.52. The maximum Gasteiger partial charge on any atom is 0.330 e. The topological polar surface area (TPSA) is 113 Å². The summed E-state index contributed by atoms with van der Waals surface area (Å²) < 4.78 is 6.94. The second-order valence-corrected chi connectivity index (χ2v) is 7.08. The van der Waals surface area contributed by atoms with E-state index in [1.165, 1.54) is 28.5 Å². The van der Waals surface area contributed by atoms with E-state index in [4.69, 9.17) is 4.74 Å². The molecule has 1 amide bonds. The number of aromatic nitrogens is 2. The zero-order chi connectivity index (χ0) is 20.8. The summed E-state index contributed by atoms with van der Waals surface area (Å²) in [6.45, 7) is 2.13. The number of rotatable bonds is 7. The minimum absolute atomic E-state index is 0.180. The van der Waals surface area contributed by atoms with Gasteiger partial charge in [0.2, 0.25) is 5.91 Å². The molecular weight excluding hydrogens is 374 g/mol. The van der Waals surface area contributed by atoms with Crippen molar-refractivity contribution in [1.29, 1.82) is 0 Å². The van der Waals surface area contributed by atoms with E-state index in [2.05, 4.69) is 10.3 Å². The Balaban J connectivity index is 1.49. The smallest absolute Gasteiger partial charge is 0.330 e. The summed E-state index contributed by atoms with van der Waals surface area (Å²) in [6, 6.07) is 10.0. The normalized spacial score (nSPS) is 21.5. The van der Waals surface area contributed by atoms with Crippen molar-refractivity contribution in [3.05, 3.63) is 80.6 Å². The molecule has 1 aliphatic heterocycles. The van der Waals surface area contributed by atoms with Gasteiger partial charge in [0, 0.05) is 30.8 Å². The summed E-state index contributed by atoms with van der Waals surface area (Å²) in [5, 5.41) is 13.0. The van der Waals surface area contributed by atoms with Crippen LogP contribution in [0.1, 0.15) is 30.2 Å². The van der Waals surface area contributed by atoms with Crippen molar-refractivity contribution >= 4 is 5.91 Å². The summed E-state index contributed by atoms with van der Waals surface area (Å²) in [4.78, 5) is 37.6. The lowest BCUT2D eigenvalue weighted by Crippen LogP contribution is -2.33. The van der Waals surface area contributed by atoms with E-state index in [-0.39, 0.29) is 12.3 Å². The molecule has 8 heteroatoms. The SMILES string of the molecule is Cc1cn([C@H]2C[C@H](O)[C@@H](/C=C/C(=O)NCCCc3ccccc3)O2)c(=O)[nH]c1=O. The van der Waals surface area contributed by atoms with Crippen LogP contribution < -0.4 is 16.6 Å². The lowest BCUT2D eigenvalue weighted by molar-refractivity contribution is -0.116. The number of aliphatic hydroxyl groups is 1. The Morgan fingerprint density at radius 2 is 2.10 bits per heavy atom. The number of hydrogen-bond donors (Lipinski definition) is 3. The molecule has 8 nitrogen and oxygen atoms in total. The monoisotopic (exact) mass is 399 g/mol. The van der Waals surface area contributed by atoms with E-state index >= 15 is 0 Å². The van der Waals surface area contributed by atoms with Gasteiger partial charge in [-0.25, -0.2) is 4.79 Å². The zero-order valence-corrected chi connectivity index (χ0v) is 16.2. The first-order valence-corrected chi connectivity index (χ1v) is 9.59. The van der Waals surface area contributed by atoms with Crippen LogP contribution in [0.3, 0.4) is 0 Å². The van der Waals surface area contributed by atoms with Crippen molar-refractivity contribution in [3.63, 3.8) is 0 Å². The van der Waals surface area contributed by atoms with Crippen LogP contribution >= 0.6 is 0 Å². The number of benzene rings is 1. The van der Waals surface area contributed by atoms with Crippen molar-refractivity contribution in [2.75, 3.05) is 6.54 Å². The second kappa shape index (κ2) is 9.49. The van der Waals surface area contributed by atoms with Gasteiger partial charge in [-0.05, 0) is 31.4 Å². The lowest BCUT2D eigenvalue weighted by Gasteiger charge is -2.14. The molecule has 0 unspecified atom stereocenters. The third-order valence-corrected chi connectivity index (χ3v) is 4.81. The Kier molecular flexibility index (Phi) is 6.79. The molecular formula is C21H25N3O5. The summed E-state index contributed by atoms with van der Waals surface area (Å²) in [6.07, 6.45) is 3.82. The number of carbonyl (C=O) groups is 1. The van der Waals surface area contributed by atoms with Gasteiger partial charge in [-0.1, -0.05) is 30.3 Å². The minimum Gasteiger partial charge on any atom is -0.390 e. The van der Waals surface area contributed by atoms with Crippen molar-refractivity contribution in [3.8, 4) is 0 Å². The first-order chi connectivity index (χ1) is 13.9. The Labute approximate surface area is 167 Å². The van der Waals surface area contributed by atoms with Crippen molar-refractivity contribution in [2.24, 2.45) is 0 Å².